The second-order valence-corrected chi connectivity index (χ2v) is 7.75. The zero-order valence-electron chi connectivity index (χ0n) is 16.3. The monoisotopic (exact) mass is 399 g/mol. The number of pyridine rings is 1. The topological polar surface area (TPSA) is 98.3 Å². The third-order valence-corrected chi connectivity index (χ3v) is 5.75. The molecule has 0 radical (unpaired) electrons. The fourth-order valence-corrected chi connectivity index (χ4v) is 4.21. The summed E-state index contributed by atoms with van der Waals surface area (Å²) in [5, 5.41) is 17.2. The quantitative estimate of drug-likeness (QED) is 0.300. The van der Waals surface area contributed by atoms with Crippen molar-refractivity contribution >= 4 is 21.7 Å². The maximum Gasteiger partial charge on any atom is 0.137 e. The highest BCUT2D eigenvalue weighted by molar-refractivity contribution is 5.97. The first-order chi connectivity index (χ1) is 14.7. The van der Waals surface area contributed by atoms with Crippen LogP contribution in [-0.2, 0) is 6.54 Å². The minimum Gasteiger partial charge on any atom is -0.456 e. The second-order valence-electron chi connectivity index (χ2n) is 7.75. The summed E-state index contributed by atoms with van der Waals surface area (Å²) < 4.78 is 6.08. The van der Waals surface area contributed by atoms with E-state index in [2.05, 4.69) is 44.2 Å². The zero-order valence-corrected chi connectivity index (χ0v) is 16.3. The fraction of sp³-hybridized carbons (Fsp3) is 0.261. The Morgan fingerprint density at radius 3 is 2.90 bits per heavy atom. The normalized spacial score (nSPS) is 19.8. The molecule has 4 aromatic rings. The van der Waals surface area contributed by atoms with Crippen molar-refractivity contribution in [1.82, 2.24) is 9.88 Å². The summed E-state index contributed by atoms with van der Waals surface area (Å²) in [6, 6.07) is 16.0. The van der Waals surface area contributed by atoms with Crippen LogP contribution in [0.3, 0.4) is 0 Å². The van der Waals surface area contributed by atoms with Gasteiger partial charge in [-0.3, -0.25) is 9.88 Å². The molecule has 5 rings (SSSR count). The van der Waals surface area contributed by atoms with E-state index in [4.69, 9.17) is 9.95 Å². The van der Waals surface area contributed by atoms with Gasteiger partial charge in [0.25, 0.3) is 0 Å². The molecular weight excluding hydrogens is 378 g/mol. The number of furan rings is 1. The SMILES string of the molecule is [N-]=[N+]=NC1CCN(Cc2ccc3cncc(-c4cc5ccccc5o4)c3c2)C[C@@H]1O. The van der Waals surface area contributed by atoms with Crippen molar-refractivity contribution in [3.63, 3.8) is 0 Å². The molecule has 0 saturated carbocycles. The predicted octanol–water partition coefficient (Wildman–Crippen LogP) is 4.89. The van der Waals surface area contributed by atoms with Gasteiger partial charge in [0.2, 0.25) is 0 Å². The number of aliphatic hydroxyl groups is 1. The van der Waals surface area contributed by atoms with Gasteiger partial charge in [0.1, 0.15) is 11.3 Å². The molecule has 1 fully saturated rings. The van der Waals surface area contributed by atoms with E-state index in [0.717, 1.165) is 51.7 Å². The summed E-state index contributed by atoms with van der Waals surface area (Å²) in [6.45, 7) is 2.00. The van der Waals surface area contributed by atoms with Crippen LogP contribution in [0.5, 0.6) is 0 Å². The lowest BCUT2D eigenvalue weighted by Gasteiger charge is -2.33. The summed E-state index contributed by atoms with van der Waals surface area (Å²) in [5.74, 6) is 0.803. The molecule has 0 bridgehead atoms. The number of hydrogen-bond acceptors (Lipinski definition) is 5. The van der Waals surface area contributed by atoms with Gasteiger partial charge in [-0.15, -0.1) is 0 Å². The highest BCUT2D eigenvalue weighted by atomic mass is 16.3. The first-order valence-corrected chi connectivity index (χ1v) is 10.0. The second kappa shape index (κ2) is 7.80. The van der Waals surface area contributed by atoms with Gasteiger partial charge in [0.15, 0.2) is 0 Å². The number of azide groups is 1. The number of nitrogens with zero attached hydrogens (tertiary/aromatic N) is 5. The van der Waals surface area contributed by atoms with Crippen molar-refractivity contribution in [2.75, 3.05) is 13.1 Å². The average molecular weight is 399 g/mol. The van der Waals surface area contributed by atoms with Gasteiger partial charge in [0.05, 0.1) is 12.1 Å². The molecule has 1 N–H and O–H groups in total. The van der Waals surface area contributed by atoms with Crippen LogP contribution in [0, 0.1) is 0 Å². The number of β-amino-alcohol motifs (C(OH)–C–C–N with tert-alkyl or cyclic N) is 1. The van der Waals surface area contributed by atoms with E-state index in [1.54, 1.807) is 0 Å². The van der Waals surface area contributed by atoms with E-state index >= 15 is 0 Å². The van der Waals surface area contributed by atoms with Gasteiger partial charge >= 0.3 is 0 Å². The summed E-state index contributed by atoms with van der Waals surface area (Å²) in [7, 11) is 0. The minimum absolute atomic E-state index is 0.339. The molecule has 1 aliphatic rings. The Morgan fingerprint density at radius 2 is 2.07 bits per heavy atom. The molecule has 7 nitrogen and oxygen atoms in total. The number of piperidine rings is 1. The molecule has 1 unspecified atom stereocenters. The Bertz CT molecular complexity index is 1230. The summed E-state index contributed by atoms with van der Waals surface area (Å²) in [6.07, 6.45) is 3.73. The van der Waals surface area contributed by atoms with Gasteiger partial charge in [0, 0.05) is 46.7 Å². The molecule has 1 saturated heterocycles. The molecule has 0 aliphatic carbocycles. The molecule has 2 aromatic heterocycles. The minimum atomic E-state index is -0.634. The summed E-state index contributed by atoms with van der Waals surface area (Å²) >= 11 is 0. The largest absolute Gasteiger partial charge is 0.456 e. The Hall–Kier alpha value is -3.38. The molecule has 7 heteroatoms. The first-order valence-electron chi connectivity index (χ1n) is 10.0. The number of likely N-dealkylation sites (tertiary alicyclic amines) is 1. The van der Waals surface area contributed by atoms with Crippen LogP contribution < -0.4 is 0 Å². The lowest BCUT2D eigenvalue weighted by molar-refractivity contribution is 0.0501. The van der Waals surface area contributed by atoms with E-state index in [-0.39, 0.29) is 6.04 Å². The van der Waals surface area contributed by atoms with E-state index in [0.29, 0.717) is 13.0 Å². The Labute approximate surface area is 173 Å². The lowest BCUT2D eigenvalue weighted by Crippen LogP contribution is -2.45. The smallest absolute Gasteiger partial charge is 0.137 e. The van der Waals surface area contributed by atoms with Gasteiger partial charge < -0.3 is 9.52 Å². The van der Waals surface area contributed by atoms with Crippen LogP contribution in [0.15, 0.2) is 70.5 Å². The van der Waals surface area contributed by atoms with Crippen LogP contribution in [0.1, 0.15) is 12.0 Å². The van der Waals surface area contributed by atoms with Gasteiger partial charge in [-0.05, 0) is 47.6 Å². The third kappa shape index (κ3) is 3.50. The number of fused-ring (bicyclic) bond motifs is 2. The Morgan fingerprint density at radius 1 is 1.17 bits per heavy atom. The van der Waals surface area contributed by atoms with Crippen molar-refractivity contribution in [1.29, 1.82) is 0 Å². The van der Waals surface area contributed by atoms with Crippen molar-refractivity contribution in [2.45, 2.75) is 25.1 Å². The van der Waals surface area contributed by atoms with Gasteiger partial charge in [-0.1, -0.05) is 35.4 Å². The predicted molar refractivity (Wildman–Crippen MR) is 116 cm³/mol. The molecule has 0 spiro atoms. The standard InChI is InChI=1S/C23H21N5O2/c24-27-26-20-7-8-28(14-21(20)29)13-15-5-6-17-11-25-12-19(18(17)9-15)23-10-16-3-1-2-4-22(16)30-23/h1-6,9-12,20-21,29H,7-8,13-14H2/t20?,21-/m0/s1. The highest BCUT2D eigenvalue weighted by Gasteiger charge is 2.26. The Balaban J connectivity index is 1.45. The maximum atomic E-state index is 10.3. The molecule has 2 atom stereocenters. The van der Waals surface area contributed by atoms with E-state index < -0.39 is 6.10 Å². The van der Waals surface area contributed by atoms with Crippen LogP contribution >= 0.6 is 0 Å². The molecule has 1 aliphatic heterocycles. The van der Waals surface area contributed by atoms with E-state index in [1.807, 2.05) is 36.7 Å². The van der Waals surface area contributed by atoms with Crippen molar-refractivity contribution in [3.8, 4) is 11.3 Å². The average Bonchev–Trinajstić information content (AvgIpc) is 3.19. The molecule has 3 heterocycles. The number of aromatic nitrogens is 1. The summed E-state index contributed by atoms with van der Waals surface area (Å²) in [4.78, 5) is 9.43. The van der Waals surface area contributed by atoms with Crippen LogP contribution in [0.25, 0.3) is 43.5 Å². The summed E-state index contributed by atoms with van der Waals surface area (Å²) in [5.41, 5.74) is 11.6. The van der Waals surface area contributed by atoms with Crippen molar-refractivity contribution in [3.05, 3.63) is 76.9 Å². The van der Waals surface area contributed by atoms with E-state index in [9.17, 15) is 5.11 Å². The third-order valence-electron chi connectivity index (χ3n) is 5.75. The molecule has 30 heavy (non-hydrogen) atoms. The fourth-order valence-electron chi connectivity index (χ4n) is 4.21. The highest BCUT2D eigenvalue weighted by Crippen LogP contribution is 2.33. The van der Waals surface area contributed by atoms with Crippen LogP contribution in [0.2, 0.25) is 0 Å². The first kappa shape index (κ1) is 18.6. The Kier molecular flexibility index (Phi) is 4.85. The molecule has 2 aromatic carbocycles. The van der Waals surface area contributed by atoms with Crippen LogP contribution in [-0.4, -0.2) is 40.2 Å². The number of hydrogen-bond donors (Lipinski definition) is 1. The van der Waals surface area contributed by atoms with E-state index in [1.165, 1.54) is 0 Å². The maximum absolute atomic E-state index is 10.3. The van der Waals surface area contributed by atoms with Crippen molar-refractivity contribution in [2.24, 2.45) is 5.11 Å². The van der Waals surface area contributed by atoms with Crippen LogP contribution in [0.4, 0.5) is 0 Å². The number of rotatable bonds is 4. The number of aliphatic hydroxyl groups excluding tert-OH is 1. The number of para-hydroxylation sites is 1. The zero-order chi connectivity index (χ0) is 20.5. The molecule has 0 amide bonds. The molecule has 150 valence electrons. The number of benzene rings is 2. The lowest BCUT2D eigenvalue weighted by atomic mass is 10.00. The van der Waals surface area contributed by atoms with Crippen molar-refractivity contribution < 1.29 is 9.52 Å². The molecular formula is C23H21N5O2. The van der Waals surface area contributed by atoms with Gasteiger partial charge in [-0.25, -0.2) is 0 Å². The van der Waals surface area contributed by atoms with Gasteiger partial charge in [-0.2, -0.15) is 0 Å².